The van der Waals surface area contributed by atoms with Gasteiger partial charge >= 0.3 is 0 Å². The molecule has 1 amide bonds. The van der Waals surface area contributed by atoms with E-state index in [1.165, 1.54) is 23.8 Å². The highest BCUT2D eigenvalue weighted by molar-refractivity contribution is 5.94. The third-order valence-electron chi connectivity index (χ3n) is 4.38. The van der Waals surface area contributed by atoms with E-state index in [4.69, 9.17) is 18.7 Å². The number of benzene rings is 2. The van der Waals surface area contributed by atoms with Crippen molar-refractivity contribution in [3.63, 3.8) is 0 Å². The van der Waals surface area contributed by atoms with E-state index in [0.717, 1.165) is 0 Å². The largest absolute Gasteiger partial charge is 0.539 e. The first-order chi connectivity index (χ1) is 14.0. The maximum absolute atomic E-state index is 12.8. The predicted molar refractivity (Wildman–Crippen MR) is 99.4 cm³/mol. The molecular formula is C20H21N3O6. The number of hydrogen-bond acceptors (Lipinski definition) is 7. The third kappa shape index (κ3) is 4.08. The zero-order chi connectivity index (χ0) is 21.0. The minimum atomic E-state index is -0.618. The van der Waals surface area contributed by atoms with Crippen molar-refractivity contribution in [2.24, 2.45) is 0 Å². The van der Waals surface area contributed by atoms with E-state index >= 15 is 0 Å². The second kappa shape index (κ2) is 8.51. The van der Waals surface area contributed by atoms with Crippen molar-refractivity contribution in [3.8, 4) is 28.9 Å². The fraction of sp³-hybridized carbons (Fsp3) is 0.250. The van der Waals surface area contributed by atoms with E-state index < -0.39 is 5.95 Å². The summed E-state index contributed by atoms with van der Waals surface area (Å²) in [5, 5.41) is 16.0. The Morgan fingerprint density at radius 2 is 1.76 bits per heavy atom. The molecule has 9 nitrogen and oxygen atoms in total. The Balaban J connectivity index is 1.84. The molecule has 0 aliphatic rings. The minimum Gasteiger partial charge on any atom is -0.539 e. The molecule has 29 heavy (non-hydrogen) atoms. The van der Waals surface area contributed by atoms with Gasteiger partial charge in [0.05, 0.1) is 26.6 Å². The molecule has 0 aliphatic heterocycles. The van der Waals surface area contributed by atoms with Crippen molar-refractivity contribution in [1.82, 2.24) is 10.2 Å². The van der Waals surface area contributed by atoms with Gasteiger partial charge in [-0.15, -0.1) is 0 Å². The van der Waals surface area contributed by atoms with Crippen LogP contribution < -0.4 is 24.0 Å². The molecule has 0 saturated heterocycles. The molecule has 0 radical (unpaired) electrons. The average Bonchev–Trinajstić information content (AvgIpc) is 3.12. The van der Waals surface area contributed by atoms with Crippen molar-refractivity contribution in [2.45, 2.75) is 6.54 Å². The van der Waals surface area contributed by atoms with Crippen molar-refractivity contribution >= 4 is 5.91 Å². The van der Waals surface area contributed by atoms with Gasteiger partial charge in [0.15, 0.2) is 17.4 Å². The van der Waals surface area contributed by atoms with Crippen LogP contribution in [0.15, 0.2) is 47.0 Å². The molecule has 0 N–H and O–H groups in total. The maximum Gasteiger partial charge on any atom is 0.259 e. The van der Waals surface area contributed by atoms with E-state index in [2.05, 4.69) is 5.27 Å². The standard InChI is InChI=1S/C20H21N3O6/c1-22(19(24)13-5-10-17(27-3)18(11-13)28-4)12-16-20(25)29-21-23(16)14-6-8-15(26-2)9-7-14/h5-11H,12H2,1-4H3. The van der Waals surface area contributed by atoms with Gasteiger partial charge in [0, 0.05) is 24.7 Å². The molecule has 0 aliphatic carbocycles. The van der Waals surface area contributed by atoms with Crippen molar-refractivity contribution < 1.29 is 33.3 Å². The summed E-state index contributed by atoms with van der Waals surface area (Å²) < 4.78 is 21.7. The van der Waals surface area contributed by atoms with Crippen LogP contribution in [0.5, 0.6) is 23.2 Å². The number of hydrogen-bond donors (Lipinski definition) is 0. The molecule has 0 saturated carbocycles. The van der Waals surface area contributed by atoms with Gasteiger partial charge in [0.2, 0.25) is 5.69 Å². The Hall–Kier alpha value is -3.75. The molecule has 0 spiro atoms. The second-order valence-corrected chi connectivity index (χ2v) is 6.15. The molecule has 152 valence electrons. The van der Waals surface area contributed by atoms with Gasteiger partial charge in [-0.25, -0.2) is 0 Å². The first kappa shape index (κ1) is 20.0. The van der Waals surface area contributed by atoms with Crippen LogP contribution in [0.2, 0.25) is 0 Å². The fourth-order valence-corrected chi connectivity index (χ4v) is 2.81. The number of aromatic nitrogens is 2. The number of ether oxygens (including phenoxy) is 3. The first-order valence-corrected chi connectivity index (χ1v) is 8.68. The van der Waals surface area contributed by atoms with E-state index in [9.17, 15) is 9.90 Å². The monoisotopic (exact) mass is 399 g/mol. The lowest BCUT2D eigenvalue weighted by Gasteiger charge is -2.16. The van der Waals surface area contributed by atoms with Gasteiger partial charge in [0.25, 0.3) is 11.6 Å². The van der Waals surface area contributed by atoms with Crippen LogP contribution in [0.1, 0.15) is 16.1 Å². The minimum absolute atomic E-state index is 0.00153. The highest BCUT2D eigenvalue weighted by Gasteiger charge is 2.25. The summed E-state index contributed by atoms with van der Waals surface area (Å²) in [5.41, 5.74) is 1.22. The number of rotatable bonds is 7. The van der Waals surface area contributed by atoms with Crippen LogP contribution in [0.4, 0.5) is 0 Å². The average molecular weight is 399 g/mol. The van der Waals surface area contributed by atoms with Gasteiger partial charge in [-0.3, -0.25) is 4.79 Å². The molecule has 3 rings (SSSR count). The Morgan fingerprint density at radius 3 is 2.38 bits per heavy atom. The Labute approximate surface area is 167 Å². The highest BCUT2D eigenvalue weighted by Crippen LogP contribution is 2.28. The molecule has 3 aromatic rings. The number of carbonyl (C=O) groups excluding carboxylic acids is 1. The van der Waals surface area contributed by atoms with E-state index in [0.29, 0.717) is 28.5 Å². The van der Waals surface area contributed by atoms with Crippen LogP contribution in [0, 0.1) is 0 Å². The molecule has 1 aromatic heterocycles. The smallest absolute Gasteiger partial charge is 0.259 e. The molecular weight excluding hydrogens is 378 g/mol. The van der Waals surface area contributed by atoms with E-state index in [1.807, 2.05) is 0 Å². The Kier molecular flexibility index (Phi) is 5.87. The van der Waals surface area contributed by atoms with Gasteiger partial charge in [-0.2, -0.15) is 0 Å². The predicted octanol–water partition coefficient (Wildman–Crippen LogP) is 1.32. The molecule has 1 heterocycles. The SMILES string of the molecule is COc1ccc(-[n+]2noc([O-])c2CN(C)C(=O)c2ccc(OC)c(OC)c2)cc1. The lowest BCUT2D eigenvalue weighted by molar-refractivity contribution is -0.678. The first-order valence-electron chi connectivity index (χ1n) is 8.68. The molecule has 0 fully saturated rings. The summed E-state index contributed by atoms with van der Waals surface area (Å²) >= 11 is 0. The summed E-state index contributed by atoms with van der Waals surface area (Å²) in [4.78, 5) is 14.2. The second-order valence-electron chi connectivity index (χ2n) is 6.15. The zero-order valence-corrected chi connectivity index (χ0v) is 16.5. The molecule has 0 bridgehead atoms. The van der Waals surface area contributed by atoms with Crippen molar-refractivity contribution in [3.05, 3.63) is 53.7 Å². The summed E-state index contributed by atoms with van der Waals surface area (Å²) in [6.45, 7) is 0.00153. The quantitative estimate of drug-likeness (QED) is 0.552. The fourth-order valence-electron chi connectivity index (χ4n) is 2.81. The number of nitrogens with zero attached hydrogens (tertiary/aromatic N) is 3. The highest BCUT2D eigenvalue weighted by atomic mass is 16.6. The van der Waals surface area contributed by atoms with Gasteiger partial charge < -0.3 is 28.7 Å². The number of methoxy groups -OCH3 is 3. The summed E-state index contributed by atoms with van der Waals surface area (Å²) in [7, 11) is 6.16. The van der Waals surface area contributed by atoms with Gasteiger partial charge in [-0.05, 0) is 35.0 Å². The van der Waals surface area contributed by atoms with Crippen LogP contribution >= 0.6 is 0 Å². The number of carbonyl (C=O) groups is 1. The van der Waals surface area contributed by atoms with E-state index in [-0.39, 0.29) is 18.1 Å². The van der Waals surface area contributed by atoms with Crippen LogP contribution in [-0.2, 0) is 6.54 Å². The molecule has 9 heteroatoms. The van der Waals surface area contributed by atoms with Crippen molar-refractivity contribution in [2.75, 3.05) is 28.4 Å². The number of amides is 1. The van der Waals surface area contributed by atoms with Gasteiger partial charge in [0.1, 0.15) is 12.3 Å². The van der Waals surface area contributed by atoms with Crippen LogP contribution in [-0.4, -0.2) is 44.5 Å². The molecule has 2 aromatic carbocycles. The topological polar surface area (TPSA) is 101 Å². The van der Waals surface area contributed by atoms with Gasteiger partial charge in [-0.1, -0.05) is 0 Å². The molecule has 0 unspecified atom stereocenters. The summed E-state index contributed by atoms with van der Waals surface area (Å²) in [6, 6.07) is 11.8. The van der Waals surface area contributed by atoms with Crippen LogP contribution in [0.3, 0.4) is 0 Å². The lowest BCUT2D eigenvalue weighted by atomic mass is 10.1. The zero-order valence-electron chi connectivity index (χ0n) is 16.5. The normalized spacial score (nSPS) is 10.5. The van der Waals surface area contributed by atoms with Crippen LogP contribution in [0.25, 0.3) is 5.69 Å². The molecule has 0 atom stereocenters. The summed E-state index contributed by atoms with van der Waals surface area (Å²) in [5.74, 6) is 0.711. The third-order valence-corrected chi connectivity index (χ3v) is 4.38. The Bertz CT molecular complexity index is 1000. The van der Waals surface area contributed by atoms with Crippen molar-refractivity contribution in [1.29, 1.82) is 0 Å². The summed E-state index contributed by atoms with van der Waals surface area (Å²) in [6.07, 6.45) is 0. The maximum atomic E-state index is 12.8. The lowest BCUT2D eigenvalue weighted by Crippen LogP contribution is -2.40. The Morgan fingerprint density at radius 1 is 1.07 bits per heavy atom. The van der Waals surface area contributed by atoms with E-state index in [1.54, 1.807) is 56.6 Å².